The number of ether oxygens (including phenoxy) is 1. The maximum absolute atomic E-state index is 6.34. The number of hydrogen-bond acceptors (Lipinski definition) is 3. The molecule has 2 nitrogen and oxygen atoms in total. The molecule has 0 spiro atoms. The summed E-state index contributed by atoms with van der Waals surface area (Å²) in [6, 6.07) is 6.63. The lowest BCUT2D eigenvalue weighted by molar-refractivity contribution is 0.127. The Balaban J connectivity index is 2.09. The minimum atomic E-state index is 0.283. The van der Waals surface area contributed by atoms with Gasteiger partial charge >= 0.3 is 0 Å². The van der Waals surface area contributed by atoms with Gasteiger partial charge in [0, 0.05) is 27.8 Å². The average Bonchev–Trinajstić information content (AvgIpc) is 2.74. The molecular weight excluding hydrogens is 266 g/mol. The van der Waals surface area contributed by atoms with Gasteiger partial charge in [0.25, 0.3) is 0 Å². The number of nitrogens with one attached hydrogen (secondary N) is 1. The Morgan fingerprint density at radius 3 is 2.83 bits per heavy atom. The second-order valence-electron chi connectivity index (χ2n) is 4.71. The molecule has 4 heteroatoms. The molecule has 1 heterocycles. The van der Waals surface area contributed by atoms with Crippen LogP contribution < -0.4 is 5.32 Å². The monoisotopic (exact) mass is 285 g/mol. The zero-order chi connectivity index (χ0) is 13.1. The number of thioether (sulfide) groups is 1. The van der Waals surface area contributed by atoms with E-state index in [0.29, 0.717) is 11.4 Å². The Labute approximate surface area is 118 Å². The molecule has 1 fully saturated rings. The maximum atomic E-state index is 6.34. The predicted molar refractivity (Wildman–Crippen MR) is 78.6 cm³/mol. The van der Waals surface area contributed by atoms with E-state index in [1.807, 2.05) is 18.8 Å². The maximum Gasteiger partial charge on any atom is 0.0669 e. The fourth-order valence-corrected chi connectivity index (χ4v) is 3.70. The lowest BCUT2D eigenvalue weighted by Crippen LogP contribution is -2.14. The molecule has 0 amide bonds. The molecular formula is C14H20ClNOS. The number of rotatable bonds is 4. The Hall–Kier alpha value is -0.220. The summed E-state index contributed by atoms with van der Waals surface area (Å²) in [5.41, 5.74) is 1.15. The van der Waals surface area contributed by atoms with Gasteiger partial charge in [0.05, 0.1) is 6.10 Å². The van der Waals surface area contributed by atoms with E-state index < -0.39 is 0 Å². The van der Waals surface area contributed by atoms with E-state index in [4.69, 9.17) is 16.3 Å². The van der Waals surface area contributed by atoms with Crippen LogP contribution in [0.1, 0.15) is 31.9 Å². The summed E-state index contributed by atoms with van der Waals surface area (Å²) in [7, 11) is 1.95. The quantitative estimate of drug-likeness (QED) is 0.907. The first-order chi connectivity index (χ1) is 8.61. The first kappa shape index (κ1) is 14.2. The Morgan fingerprint density at radius 1 is 1.50 bits per heavy atom. The minimum absolute atomic E-state index is 0.283. The van der Waals surface area contributed by atoms with Crippen LogP contribution in [0.25, 0.3) is 0 Å². The van der Waals surface area contributed by atoms with Gasteiger partial charge in [0.15, 0.2) is 0 Å². The standard InChI is InChI=1S/C14H20ClNOS/c1-9(16-3)12-5-4-11(8-13(12)15)18-14-6-7-17-10(14)2/h4-5,8-10,14,16H,6-7H2,1-3H3. The lowest BCUT2D eigenvalue weighted by Gasteiger charge is -2.16. The van der Waals surface area contributed by atoms with Crippen molar-refractivity contribution in [3.8, 4) is 0 Å². The molecule has 0 saturated carbocycles. The van der Waals surface area contributed by atoms with E-state index >= 15 is 0 Å². The van der Waals surface area contributed by atoms with Gasteiger partial charge in [-0.15, -0.1) is 11.8 Å². The van der Waals surface area contributed by atoms with Crippen LogP contribution in [0.2, 0.25) is 5.02 Å². The molecule has 3 atom stereocenters. The van der Waals surface area contributed by atoms with Crippen LogP contribution in [0.4, 0.5) is 0 Å². The molecule has 1 aromatic rings. The SMILES string of the molecule is CNC(C)c1ccc(SC2CCOC2C)cc1Cl. The lowest BCUT2D eigenvalue weighted by atomic mass is 10.1. The molecule has 0 aliphatic carbocycles. The van der Waals surface area contributed by atoms with Crippen molar-refractivity contribution < 1.29 is 4.74 Å². The van der Waals surface area contributed by atoms with Crippen molar-refractivity contribution in [3.05, 3.63) is 28.8 Å². The zero-order valence-corrected chi connectivity index (χ0v) is 12.6. The number of halogens is 1. The molecule has 0 radical (unpaired) electrons. The van der Waals surface area contributed by atoms with Gasteiger partial charge in [0.1, 0.15) is 0 Å². The number of benzene rings is 1. The van der Waals surface area contributed by atoms with Gasteiger partial charge in [-0.3, -0.25) is 0 Å². The molecule has 1 aromatic carbocycles. The van der Waals surface area contributed by atoms with Gasteiger partial charge < -0.3 is 10.1 Å². The molecule has 1 aliphatic rings. The summed E-state index contributed by atoms with van der Waals surface area (Å²) in [6.45, 7) is 5.13. The molecule has 1 saturated heterocycles. The molecule has 3 unspecified atom stereocenters. The highest BCUT2D eigenvalue weighted by Gasteiger charge is 2.25. The third kappa shape index (κ3) is 3.21. The molecule has 0 bridgehead atoms. The Morgan fingerprint density at radius 2 is 2.28 bits per heavy atom. The largest absolute Gasteiger partial charge is 0.377 e. The Kier molecular flexibility index (Phi) is 4.96. The van der Waals surface area contributed by atoms with Crippen molar-refractivity contribution in [1.29, 1.82) is 0 Å². The van der Waals surface area contributed by atoms with Crippen LogP contribution in [0.5, 0.6) is 0 Å². The smallest absolute Gasteiger partial charge is 0.0669 e. The van der Waals surface area contributed by atoms with Gasteiger partial charge in [-0.2, -0.15) is 0 Å². The van der Waals surface area contributed by atoms with E-state index in [9.17, 15) is 0 Å². The molecule has 2 rings (SSSR count). The molecule has 18 heavy (non-hydrogen) atoms. The van der Waals surface area contributed by atoms with Gasteiger partial charge in [-0.1, -0.05) is 17.7 Å². The van der Waals surface area contributed by atoms with Crippen molar-refractivity contribution in [1.82, 2.24) is 5.32 Å². The van der Waals surface area contributed by atoms with Gasteiger partial charge in [0.2, 0.25) is 0 Å². The van der Waals surface area contributed by atoms with Crippen LogP contribution in [0, 0.1) is 0 Å². The summed E-state index contributed by atoms with van der Waals surface area (Å²) in [6.07, 6.45) is 1.46. The van der Waals surface area contributed by atoms with Crippen LogP contribution >= 0.6 is 23.4 Å². The van der Waals surface area contributed by atoms with Crippen molar-refractivity contribution in [3.63, 3.8) is 0 Å². The third-order valence-corrected chi connectivity index (χ3v) is 5.24. The fraction of sp³-hybridized carbons (Fsp3) is 0.571. The van der Waals surface area contributed by atoms with E-state index in [0.717, 1.165) is 23.6 Å². The summed E-state index contributed by atoms with van der Waals surface area (Å²) in [5, 5.41) is 4.60. The molecule has 1 N–H and O–H groups in total. The normalized spacial score (nSPS) is 25.3. The fourth-order valence-electron chi connectivity index (χ4n) is 2.13. The topological polar surface area (TPSA) is 21.3 Å². The first-order valence-corrected chi connectivity index (χ1v) is 7.62. The van der Waals surface area contributed by atoms with Crippen molar-refractivity contribution in [2.45, 2.75) is 42.6 Å². The van der Waals surface area contributed by atoms with E-state index in [2.05, 4.69) is 37.4 Å². The number of hydrogen-bond donors (Lipinski definition) is 1. The van der Waals surface area contributed by atoms with Crippen LogP contribution in [-0.4, -0.2) is 25.0 Å². The van der Waals surface area contributed by atoms with Gasteiger partial charge in [-0.05, 0) is 45.0 Å². The van der Waals surface area contributed by atoms with Crippen LogP contribution in [-0.2, 0) is 4.74 Å². The average molecular weight is 286 g/mol. The molecule has 1 aliphatic heterocycles. The van der Waals surface area contributed by atoms with Crippen LogP contribution in [0.15, 0.2) is 23.1 Å². The van der Waals surface area contributed by atoms with Crippen molar-refractivity contribution in [2.75, 3.05) is 13.7 Å². The van der Waals surface area contributed by atoms with Crippen molar-refractivity contribution >= 4 is 23.4 Å². The second-order valence-corrected chi connectivity index (χ2v) is 6.43. The highest BCUT2D eigenvalue weighted by Crippen LogP contribution is 2.35. The Bertz CT molecular complexity index is 413. The summed E-state index contributed by atoms with van der Waals surface area (Å²) in [4.78, 5) is 1.23. The summed E-state index contributed by atoms with van der Waals surface area (Å²) in [5.74, 6) is 0. The highest BCUT2D eigenvalue weighted by molar-refractivity contribution is 8.00. The molecule has 100 valence electrons. The molecule has 0 aromatic heterocycles. The highest BCUT2D eigenvalue weighted by atomic mass is 35.5. The third-order valence-electron chi connectivity index (χ3n) is 3.47. The first-order valence-electron chi connectivity index (χ1n) is 6.36. The van der Waals surface area contributed by atoms with E-state index in [1.165, 1.54) is 4.90 Å². The van der Waals surface area contributed by atoms with Crippen molar-refractivity contribution in [2.24, 2.45) is 0 Å². The zero-order valence-electron chi connectivity index (χ0n) is 11.1. The summed E-state index contributed by atoms with van der Waals surface area (Å²) < 4.78 is 5.58. The van der Waals surface area contributed by atoms with E-state index in [1.54, 1.807) is 0 Å². The van der Waals surface area contributed by atoms with Gasteiger partial charge in [-0.25, -0.2) is 0 Å². The van der Waals surface area contributed by atoms with Crippen LogP contribution in [0.3, 0.4) is 0 Å². The predicted octanol–water partition coefficient (Wildman–Crippen LogP) is 3.89. The summed E-state index contributed by atoms with van der Waals surface area (Å²) >= 11 is 8.21. The second kappa shape index (κ2) is 6.29. The minimum Gasteiger partial charge on any atom is -0.377 e. The van der Waals surface area contributed by atoms with E-state index in [-0.39, 0.29) is 6.04 Å².